The van der Waals surface area contributed by atoms with Gasteiger partial charge in [-0.15, -0.1) is 22.7 Å². The second-order valence-corrected chi connectivity index (χ2v) is 9.87. The number of phenolic OH excluding ortho intramolecular Hbond substituents is 1. The summed E-state index contributed by atoms with van der Waals surface area (Å²) in [4.78, 5) is 40.4. The normalized spacial score (nSPS) is 10.9. The van der Waals surface area contributed by atoms with Crippen molar-refractivity contribution in [3.63, 3.8) is 0 Å². The largest absolute Gasteiger partial charge is 0.508 e. The van der Waals surface area contributed by atoms with E-state index < -0.39 is 5.97 Å². The average molecular weight is 504 g/mol. The van der Waals surface area contributed by atoms with Crippen molar-refractivity contribution in [1.82, 2.24) is 4.90 Å². The Morgan fingerprint density at radius 2 is 1.71 bits per heavy atom. The third-order valence-corrected chi connectivity index (χ3v) is 7.09. The highest BCUT2D eigenvalue weighted by atomic mass is 32.1. The molecule has 0 saturated carbocycles. The zero-order valence-electron chi connectivity index (χ0n) is 19.4. The molecule has 7 nitrogen and oxygen atoms in total. The van der Waals surface area contributed by atoms with Gasteiger partial charge in [-0.25, -0.2) is 4.79 Å². The van der Waals surface area contributed by atoms with E-state index in [-0.39, 0.29) is 30.7 Å². The minimum Gasteiger partial charge on any atom is -0.508 e. The van der Waals surface area contributed by atoms with Crippen LogP contribution in [-0.2, 0) is 20.8 Å². The molecule has 1 aromatic carbocycles. The molecule has 0 aliphatic rings. The minimum atomic E-state index is -0.477. The average Bonchev–Trinajstić information content (AvgIpc) is 3.45. The van der Waals surface area contributed by atoms with Crippen LogP contribution in [0.3, 0.4) is 0 Å². The molecule has 0 fully saturated rings. The highest BCUT2D eigenvalue weighted by Crippen LogP contribution is 2.30. The lowest BCUT2D eigenvalue weighted by molar-refractivity contribution is -0.144. The van der Waals surface area contributed by atoms with Gasteiger partial charge in [0, 0.05) is 11.2 Å². The molecule has 0 radical (unpaired) electrons. The van der Waals surface area contributed by atoms with Crippen molar-refractivity contribution in [2.45, 2.75) is 46.1 Å². The number of carbonyl (C=O) groups is 3. The number of benzene rings is 1. The van der Waals surface area contributed by atoms with E-state index in [1.807, 2.05) is 13.8 Å². The number of unbranched alkanes of at least 4 members (excludes halogenated alkanes) is 2. The minimum absolute atomic E-state index is 0.126. The maximum atomic E-state index is 13.4. The van der Waals surface area contributed by atoms with Gasteiger partial charge in [-0.05, 0) is 59.5 Å². The number of phenols is 1. The van der Waals surface area contributed by atoms with Gasteiger partial charge >= 0.3 is 11.9 Å². The highest BCUT2D eigenvalue weighted by Gasteiger charge is 2.23. The molecule has 0 aliphatic carbocycles. The maximum absolute atomic E-state index is 13.4. The summed E-state index contributed by atoms with van der Waals surface area (Å²) >= 11 is 2.51. The Morgan fingerprint density at radius 1 is 0.971 bits per heavy atom. The second kappa shape index (κ2) is 12.5. The third kappa shape index (κ3) is 7.04. The van der Waals surface area contributed by atoms with Crippen molar-refractivity contribution >= 4 is 50.6 Å². The molecule has 0 atom stereocenters. The lowest BCUT2D eigenvalue weighted by atomic mass is 10.2. The number of nitrogens with zero attached hydrogens (tertiary/aromatic N) is 1. The number of ether oxygens (including phenoxy) is 2. The molecule has 1 amide bonds. The first-order valence-electron chi connectivity index (χ1n) is 11.3. The Morgan fingerprint density at radius 3 is 2.44 bits per heavy atom. The molecule has 2 aromatic heterocycles. The number of amides is 1. The molecule has 34 heavy (non-hydrogen) atoms. The SMILES string of the molecule is CCCCOC(=O)CN(Cc1csc(C(=O)OCCCC)c1)C(=O)c1cc2ccc(O)cc2s1. The number of hydrogen-bond donors (Lipinski definition) is 1. The Kier molecular flexibility index (Phi) is 9.47. The number of aromatic hydroxyl groups is 1. The number of hydrogen-bond acceptors (Lipinski definition) is 8. The van der Waals surface area contributed by atoms with Crippen molar-refractivity contribution in [2.24, 2.45) is 0 Å². The smallest absolute Gasteiger partial charge is 0.348 e. The van der Waals surface area contributed by atoms with E-state index >= 15 is 0 Å². The molecule has 0 spiro atoms. The second-order valence-electron chi connectivity index (χ2n) is 7.88. The molecule has 3 rings (SSSR count). The first-order valence-corrected chi connectivity index (χ1v) is 13.0. The van der Waals surface area contributed by atoms with Gasteiger partial charge in [-0.2, -0.15) is 0 Å². The van der Waals surface area contributed by atoms with Crippen LogP contribution in [0.2, 0.25) is 0 Å². The Labute approximate surface area is 206 Å². The first-order chi connectivity index (χ1) is 16.4. The number of rotatable bonds is 12. The monoisotopic (exact) mass is 503 g/mol. The van der Waals surface area contributed by atoms with Crippen LogP contribution in [0, 0.1) is 0 Å². The fraction of sp³-hybridized carbons (Fsp3) is 0.400. The summed E-state index contributed by atoms with van der Waals surface area (Å²) < 4.78 is 11.3. The maximum Gasteiger partial charge on any atom is 0.348 e. The van der Waals surface area contributed by atoms with E-state index in [2.05, 4.69) is 0 Å². The summed E-state index contributed by atoms with van der Waals surface area (Å²) in [6.45, 7) is 4.66. The summed E-state index contributed by atoms with van der Waals surface area (Å²) in [7, 11) is 0. The van der Waals surface area contributed by atoms with Crippen LogP contribution in [0.25, 0.3) is 10.1 Å². The van der Waals surface area contributed by atoms with Crippen LogP contribution >= 0.6 is 22.7 Å². The van der Waals surface area contributed by atoms with Crippen molar-refractivity contribution in [3.8, 4) is 5.75 Å². The molecule has 0 bridgehead atoms. The van der Waals surface area contributed by atoms with Crippen molar-refractivity contribution in [2.75, 3.05) is 19.8 Å². The lowest BCUT2D eigenvalue weighted by Gasteiger charge is -2.20. The zero-order valence-corrected chi connectivity index (χ0v) is 21.0. The summed E-state index contributed by atoms with van der Waals surface area (Å²) in [5.41, 5.74) is 0.737. The van der Waals surface area contributed by atoms with E-state index in [0.717, 1.165) is 41.3 Å². The predicted molar refractivity (Wildman–Crippen MR) is 134 cm³/mol. The predicted octanol–water partition coefficient (Wildman–Crippen LogP) is 5.61. The number of carbonyl (C=O) groups excluding carboxylic acids is 3. The molecule has 3 aromatic rings. The van der Waals surface area contributed by atoms with E-state index in [4.69, 9.17) is 9.47 Å². The molecule has 0 aliphatic heterocycles. The quantitative estimate of drug-likeness (QED) is 0.255. The first kappa shape index (κ1) is 25.7. The summed E-state index contributed by atoms with van der Waals surface area (Å²) in [6, 6.07) is 8.37. The molecular weight excluding hydrogens is 474 g/mol. The summed E-state index contributed by atoms with van der Waals surface area (Å²) in [5.74, 6) is -1.05. The Balaban J connectivity index is 1.77. The van der Waals surface area contributed by atoms with Crippen LogP contribution in [0.1, 0.15) is 64.4 Å². The van der Waals surface area contributed by atoms with Crippen LogP contribution < -0.4 is 0 Å². The number of thiophene rings is 2. The van der Waals surface area contributed by atoms with Gasteiger partial charge in [0.15, 0.2) is 0 Å². The van der Waals surface area contributed by atoms with E-state index in [0.29, 0.717) is 23.0 Å². The molecular formula is C25H29NO6S2. The standard InChI is InChI=1S/C25H29NO6S2/c1-3-5-9-31-23(28)15-26(14-17-11-22(33-16-17)25(30)32-10-6-4-2)24(29)21-12-18-7-8-19(27)13-20(18)34-21/h7-8,11-13,16,27H,3-6,9-10,14-15H2,1-2H3. The van der Waals surface area contributed by atoms with E-state index in [9.17, 15) is 19.5 Å². The van der Waals surface area contributed by atoms with Crippen LogP contribution in [-0.4, -0.2) is 47.6 Å². The van der Waals surface area contributed by atoms with Crippen molar-refractivity contribution < 1.29 is 29.0 Å². The number of fused-ring (bicyclic) bond motifs is 1. The van der Waals surface area contributed by atoms with Crippen LogP contribution in [0.4, 0.5) is 0 Å². The fourth-order valence-electron chi connectivity index (χ4n) is 3.18. The zero-order chi connectivity index (χ0) is 24.5. The van der Waals surface area contributed by atoms with Gasteiger partial charge in [0.05, 0.1) is 18.1 Å². The van der Waals surface area contributed by atoms with E-state index in [1.165, 1.54) is 27.6 Å². The van der Waals surface area contributed by atoms with E-state index in [1.54, 1.807) is 35.7 Å². The Bertz CT molecular complexity index is 1140. The molecule has 0 saturated heterocycles. The van der Waals surface area contributed by atoms with Gasteiger partial charge < -0.3 is 19.5 Å². The molecule has 2 heterocycles. The summed E-state index contributed by atoms with van der Waals surface area (Å²) in [5, 5.41) is 12.4. The molecule has 9 heteroatoms. The van der Waals surface area contributed by atoms with Gasteiger partial charge in [0.2, 0.25) is 0 Å². The summed E-state index contributed by atoms with van der Waals surface area (Å²) in [6.07, 6.45) is 3.40. The van der Waals surface area contributed by atoms with Crippen molar-refractivity contribution in [3.05, 3.63) is 51.0 Å². The van der Waals surface area contributed by atoms with Gasteiger partial charge in [0.1, 0.15) is 17.2 Å². The van der Waals surface area contributed by atoms with Gasteiger partial charge in [-0.3, -0.25) is 9.59 Å². The highest BCUT2D eigenvalue weighted by molar-refractivity contribution is 7.20. The van der Waals surface area contributed by atoms with Crippen LogP contribution in [0.15, 0.2) is 35.7 Å². The van der Waals surface area contributed by atoms with Crippen molar-refractivity contribution in [1.29, 1.82) is 0 Å². The fourth-order valence-corrected chi connectivity index (χ4v) is 5.04. The van der Waals surface area contributed by atoms with Crippen LogP contribution in [0.5, 0.6) is 5.75 Å². The lowest BCUT2D eigenvalue weighted by Crippen LogP contribution is -2.35. The Hall–Kier alpha value is -2.91. The van der Waals surface area contributed by atoms with Gasteiger partial charge in [0.25, 0.3) is 5.91 Å². The molecule has 1 N–H and O–H groups in total. The topological polar surface area (TPSA) is 93.1 Å². The molecule has 182 valence electrons. The van der Waals surface area contributed by atoms with Gasteiger partial charge in [-0.1, -0.05) is 26.7 Å². The number of esters is 2. The third-order valence-electron chi connectivity index (χ3n) is 5.04. The molecule has 0 unspecified atom stereocenters.